The van der Waals surface area contributed by atoms with Crippen LogP contribution in [-0.4, -0.2) is 36.9 Å². The zero-order valence-corrected chi connectivity index (χ0v) is 13.9. The van der Waals surface area contributed by atoms with Crippen LogP contribution in [0.4, 0.5) is 5.69 Å². The molecule has 1 N–H and O–H groups in total. The number of rotatable bonds is 4. The highest BCUT2D eigenvalue weighted by Crippen LogP contribution is 2.32. The van der Waals surface area contributed by atoms with Gasteiger partial charge in [-0.1, -0.05) is 22.0 Å². The van der Waals surface area contributed by atoms with Crippen molar-refractivity contribution >= 4 is 33.7 Å². The largest absolute Gasteiger partial charge is 0.478 e. The molecule has 1 atom stereocenters. The summed E-state index contributed by atoms with van der Waals surface area (Å²) < 4.78 is 6.61. The van der Waals surface area contributed by atoms with Gasteiger partial charge in [-0.15, -0.1) is 0 Å². The van der Waals surface area contributed by atoms with Gasteiger partial charge in [-0.25, -0.2) is 4.79 Å². The summed E-state index contributed by atoms with van der Waals surface area (Å²) in [6, 6.07) is 5.88. The minimum atomic E-state index is -0.941. The first kappa shape index (κ1) is 16.0. The molecule has 1 saturated heterocycles. The number of carboxylic acid groups (broad SMARTS) is 1. The summed E-state index contributed by atoms with van der Waals surface area (Å²) in [5.74, 6) is -0.941. The van der Waals surface area contributed by atoms with Crippen LogP contribution in [-0.2, 0) is 9.53 Å². The highest BCUT2D eigenvalue weighted by molar-refractivity contribution is 9.10. The topological polar surface area (TPSA) is 49.8 Å². The average molecular weight is 354 g/mol. The summed E-state index contributed by atoms with van der Waals surface area (Å²) >= 11 is 3.49. The number of piperidine rings is 1. The number of hydrogen-bond donors (Lipinski definition) is 1. The number of halogens is 1. The summed E-state index contributed by atoms with van der Waals surface area (Å²) in [5, 5.41) is 8.82. The van der Waals surface area contributed by atoms with E-state index in [4.69, 9.17) is 9.84 Å². The standard InChI is InChI=1S/C16H20BrNO3/c1-16(21-2)8-3-9-18(11-16)14-10-13(17)6-4-12(14)5-7-15(19)20/h4-7,10H,3,8-9,11H2,1-2H3,(H,19,20)/b7-5+. The van der Waals surface area contributed by atoms with Gasteiger partial charge in [-0.2, -0.15) is 0 Å². The van der Waals surface area contributed by atoms with E-state index in [1.807, 2.05) is 18.2 Å². The average Bonchev–Trinajstić information content (AvgIpc) is 2.46. The van der Waals surface area contributed by atoms with Gasteiger partial charge in [0, 0.05) is 36.4 Å². The Morgan fingerprint density at radius 2 is 2.29 bits per heavy atom. The van der Waals surface area contributed by atoms with Gasteiger partial charge in [0.05, 0.1) is 5.60 Å². The molecule has 0 spiro atoms. The fourth-order valence-corrected chi connectivity index (χ4v) is 3.02. The number of ether oxygens (including phenoxy) is 1. The molecule has 0 amide bonds. The van der Waals surface area contributed by atoms with Gasteiger partial charge in [0.25, 0.3) is 0 Å². The maximum Gasteiger partial charge on any atom is 0.328 e. The summed E-state index contributed by atoms with van der Waals surface area (Å²) in [6.45, 7) is 3.86. The number of benzene rings is 1. The van der Waals surface area contributed by atoms with Crippen molar-refractivity contribution in [3.63, 3.8) is 0 Å². The molecule has 1 fully saturated rings. The monoisotopic (exact) mass is 353 g/mol. The van der Waals surface area contributed by atoms with E-state index in [0.29, 0.717) is 0 Å². The number of carboxylic acids is 1. The molecule has 5 heteroatoms. The molecule has 0 aromatic heterocycles. The number of aliphatic carboxylic acids is 1. The van der Waals surface area contributed by atoms with Gasteiger partial charge in [-0.05, 0) is 43.5 Å². The normalized spacial score (nSPS) is 22.7. The molecule has 21 heavy (non-hydrogen) atoms. The van der Waals surface area contributed by atoms with Crippen LogP contribution in [0.15, 0.2) is 28.7 Å². The molecule has 4 nitrogen and oxygen atoms in total. The summed E-state index contributed by atoms with van der Waals surface area (Å²) in [5.41, 5.74) is 1.78. The number of hydrogen-bond acceptors (Lipinski definition) is 3. The van der Waals surface area contributed by atoms with E-state index in [1.54, 1.807) is 13.2 Å². The van der Waals surface area contributed by atoms with Crippen molar-refractivity contribution in [3.05, 3.63) is 34.3 Å². The molecule has 0 bridgehead atoms. The van der Waals surface area contributed by atoms with E-state index < -0.39 is 5.97 Å². The fourth-order valence-electron chi connectivity index (χ4n) is 2.67. The molecule has 0 radical (unpaired) electrons. The van der Waals surface area contributed by atoms with Gasteiger partial charge < -0.3 is 14.7 Å². The van der Waals surface area contributed by atoms with Crippen molar-refractivity contribution in [1.82, 2.24) is 0 Å². The Hall–Kier alpha value is -1.33. The van der Waals surface area contributed by atoms with Gasteiger partial charge in [0.15, 0.2) is 0 Å². The maximum absolute atomic E-state index is 10.7. The molecular weight excluding hydrogens is 334 g/mol. The van der Waals surface area contributed by atoms with Crippen LogP contribution in [0.1, 0.15) is 25.3 Å². The quantitative estimate of drug-likeness (QED) is 0.841. The number of anilines is 1. The van der Waals surface area contributed by atoms with E-state index in [9.17, 15) is 4.79 Å². The summed E-state index contributed by atoms with van der Waals surface area (Å²) in [4.78, 5) is 13.0. The molecule has 1 aromatic carbocycles. The Kier molecular flexibility index (Phi) is 5.06. The Bertz CT molecular complexity index is 558. The highest BCUT2D eigenvalue weighted by Gasteiger charge is 2.31. The van der Waals surface area contributed by atoms with Crippen molar-refractivity contribution in [2.24, 2.45) is 0 Å². The van der Waals surface area contributed by atoms with Crippen molar-refractivity contribution in [2.45, 2.75) is 25.4 Å². The molecule has 2 rings (SSSR count). The second-order valence-corrected chi connectivity index (χ2v) is 6.47. The SMILES string of the molecule is COC1(C)CCCN(c2cc(Br)ccc2/C=C/C(=O)O)C1. The predicted molar refractivity (Wildman–Crippen MR) is 87.7 cm³/mol. The zero-order valence-electron chi connectivity index (χ0n) is 12.3. The van der Waals surface area contributed by atoms with Crippen LogP contribution in [0.3, 0.4) is 0 Å². The summed E-state index contributed by atoms with van der Waals surface area (Å²) in [6.07, 6.45) is 4.91. The lowest BCUT2D eigenvalue weighted by Gasteiger charge is -2.41. The molecular formula is C16H20BrNO3. The summed E-state index contributed by atoms with van der Waals surface area (Å²) in [7, 11) is 1.75. The molecule has 0 aliphatic carbocycles. The van der Waals surface area contributed by atoms with Crippen LogP contribution < -0.4 is 4.90 Å². The molecule has 1 aromatic rings. The smallest absolute Gasteiger partial charge is 0.328 e. The highest BCUT2D eigenvalue weighted by atomic mass is 79.9. The van der Waals surface area contributed by atoms with Gasteiger partial charge >= 0.3 is 5.97 Å². The van der Waals surface area contributed by atoms with E-state index in [2.05, 4.69) is 27.8 Å². The van der Waals surface area contributed by atoms with Crippen molar-refractivity contribution in [2.75, 3.05) is 25.1 Å². The lowest BCUT2D eigenvalue weighted by Crippen LogP contribution is -2.47. The first-order valence-electron chi connectivity index (χ1n) is 6.94. The molecule has 1 aliphatic rings. The Balaban J connectivity index is 2.33. The van der Waals surface area contributed by atoms with E-state index in [-0.39, 0.29) is 5.60 Å². The molecule has 0 saturated carbocycles. The predicted octanol–water partition coefficient (Wildman–Crippen LogP) is 3.55. The first-order chi connectivity index (χ1) is 9.93. The first-order valence-corrected chi connectivity index (χ1v) is 7.73. The van der Waals surface area contributed by atoms with Crippen molar-refractivity contribution in [1.29, 1.82) is 0 Å². The lowest BCUT2D eigenvalue weighted by molar-refractivity contribution is -0.131. The van der Waals surface area contributed by atoms with E-state index >= 15 is 0 Å². The van der Waals surface area contributed by atoms with E-state index in [0.717, 1.165) is 41.7 Å². The number of nitrogens with zero attached hydrogens (tertiary/aromatic N) is 1. The van der Waals surface area contributed by atoms with Gasteiger partial charge in [0.2, 0.25) is 0 Å². The third-order valence-corrected chi connectivity index (χ3v) is 4.38. The zero-order chi connectivity index (χ0) is 15.5. The van der Waals surface area contributed by atoms with Gasteiger partial charge in [-0.3, -0.25) is 0 Å². The molecule has 1 unspecified atom stereocenters. The molecule has 1 heterocycles. The molecule has 114 valence electrons. The minimum Gasteiger partial charge on any atom is -0.478 e. The van der Waals surface area contributed by atoms with Gasteiger partial charge in [0.1, 0.15) is 0 Å². The van der Waals surface area contributed by atoms with Crippen LogP contribution >= 0.6 is 15.9 Å². The number of carbonyl (C=O) groups is 1. The van der Waals surface area contributed by atoms with Crippen LogP contribution in [0.25, 0.3) is 6.08 Å². The van der Waals surface area contributed by atoms with E-state index in [1.165, 1.54) is 6.08 Å². The second-order valence-electron chi connectivity index (χ2n) is 5.55. The maximum atomic E-state index is 10.7. The van der Waals surface area contributed by atoms with Crippen molar-refractivity contribution in [3.8, 4) is 0 Å². The number of methoxy groups -OCH3 is 1. The molecule has 1 aliphatic heterocycles. The third-order valence-electron chi connectivity index (χ3n) is 3.89. The minimum absolute atomic E-state index is 0.158. The van der Waals surface area contributed by atoms with Crippen LogP contribution in [0.5, 0.6) is 0 Å². The Morgan fingerprint density at radius 3 is 2.95 bits per heavy atom. The second kappa shape index (κ2) is 6.62. The van der Waals surface area contributed by atoms with Crippen LogP contribution in [0, 0.1) is 0 Å². The Labute approximate surface area is 133 Å². The lowest BCUT2D eigenvalue weighted by atomic mass is 9.94. The third kappa shape index (κ3) is 4.08. The fraction of sp³-hybridized carbons (Fsp3) is 0.438. The Morgan fingerprint density at radius 1 is 1.52 bits per heavy atom. The van der Waals surface area contributed by atoms with Crippen molar-refractivity contribution < 1.29 is 14.6 Å². The van der Waals surface area contributed by atoms with Crippen LogP contribution in [0.2, 0.25) is 0 Å².